The summed E-state index contributed by atoms with van der Waals surface area (Å²) in [6.45, 7) is 1.31. The van der Waals surface area contributed by atoms with E-state index in [1.54, 1.807) is 7.11 Å². The van der Waals surface area contributed by atoms with Crippen LogP contribution in [0.2, 0.25) is 0 Å². The lowest BCUT2D eigenvalue weighted by Crippen LogP contribution is -2.39. The number of carboxylic acid groups (broad SMARTS) is 1. The molecule has 3 rings (SSSR count). The molecule has 1 aliphatic rings. The molecule has 6 nitrogen and oxygen atoms in total. The molecule has 2 heterocycles. The summed E-state index contributed by atoms with van der Waals surface area (Å²) >= 11 is 1.51. The second-order valence-electron chi connectivity index (χ2n) is 5.63. The van der Waals surface area contributed by atoms with Gasteiger partial charge in [0.25, 0.3) is 0 Å². The predicted octanol–water partition coefficient (Wildman–Crippen LogP) is 2.94. The summed E-state index contributed by atoms with van der Waals surface area (Å²) in [6.07, 6.45) is 1.59. The normalized spacial score (nSPS) is 17.5. The summed E-state index contributed by atoms with van der Waals surface area (Å²) in [7, 11) is 1.64. The summed E-state index contributed by atoms with van der Waals surface area (Å²) in [5.41, 5.74) is 0. The fraction of sp³-hybridized carbons (Fsp3) is 0.353. The van der Waals surface area contributed by atoms with Crippen molar-refractivity contribution in [3.05, 3.63) is 36.4 Å². The lowest BCUT2D eigenvalue weighted by atomic mass is 9.98. The summed E-state index contributed by atoms with van der Waals surface area (Å²) in [5.74, 6) is 0.470. The largest absolute Gasteiger partial charge is 0.497 e. The van der Waals surface area contributed by atoms with Crippen LogP contribution >= 0.6 is 11.8 Å². The molecule has 0 saturated carbocycles. The van der Waals surface area contributed by atoms with Crippen LogP contribution in [0.3, 0.4) is 0 Å². The first kappa shape index (κ1) is 16.6. The highest BCUT2D eigenvalue weighted by molar-refractivity contribution is 7.99. The average molecular weight is 345 g/mol. The van der Waals surface area contributed by atoms with E-state index in [1.807, 2.05) is 41.3 Å². The molecule has 0 amide bonds. The summed E-state index contributed by atoms with van der Waals surface area (Å²) in [6, 6.07) is 11.6. The van der Waals surface area contributed by atoms with Gasteiger partial charge in [-0.25, -0.2) is 0 Å². The Hall–Kier alpha value is -2.28. The molecular formula is C17H19N3O3S. The van der Waals surface area contributed by atoms with Crippen molar-refractivity contribution in [2.75, 3.05) is 25.1 Å². The van der Waals surface area contributed by atoms with Crippen LogP contribution < -0.4 is 9.64 Å². The van der Waals surface area contributed by atoms with Crippen LogP contribution in [0.5, 0.6) is 5.75 Å². The molecule has 0 radical (unpaired) electrons. The van der Waals surface area contributed by atoms with E-state index in [0.717, 1.165) is 40.9 Å². The van der Waals surface area contributed by atoms with Crippen LogP contribution in [0.25, 0.3) is 0 Å². The molecule has 0 aliphatic carbocycles. The monoisotopic (exact) mass is 345 g/mol. The molecule has 126 valence electrons. The third-order valence-electron chi connectivity index (χ3n) is 3.98. The van der Waals surface area contributed by atoms with Crippen LogP contribution in [0, 0.1) is 5.92 Å². The number of rotatable bonds is 5. The van der Waals surface area contributed by atoms with E-state index in [0.29, 0.717) is 6.54 Å². The number of aromatic nitrogens is 2. The highest BCUT2D eigenvalue weighted by Crippen LogP contribution is 2.29. The molecular weight excluding hydrogens is 326 g/mol. The fourth-order valence-electron chi connectivity index (χ4n) is 2.71. The van der Waals surface area contributed by atoms with Crippen LogP contribution in [0.1, 0.15) is 12.8 Å². The van der Waals surface area contributed by atoms with Gasteiger partial charge in [0, 0.05) is 18.0 Å². The van der Waals surface area contributed by atoms with Gasteiger partial charge in [0.15, 0.2) is 5.82 Å². The van der Waals surface area contributed by atoms with Crippen molar-refractivity contribution >= 4 is 23.5 Å². The maximum atomic E-state index is 11.2. The van der Waals surface area contributed by atoms with Crippen LogP contribution in [-0.2, 0) is 4.79 Å². The molecule has 24 heavy (non-hydrogen) atoms. The lowest BCUT2D eigenvalue weighted by molar-refractivity contribution is -0.141. The first-order valence-electron chi connectivity index (χ1n) is 7.79. The Morgan fingerprint density at radius 3 is 2.92 bits per heavy atom. The Balaban J connectivity index is 1.67. The quantitative estimate of drug-likeness (QED) is 0.893. The second-order valence-corrected chi connectivity index (χ2v) is 6.73. The number of hydrogen-bond donors (Lipinski definition) is 1. The Bertz CT molecular complexity index is 708. The molecule has 1 N–H and O–H groups in total. The van der Waals surface area contributed by atoms with Crippen molar-refractivity contribution in [2.45, 2.75) is 22.8 Å². The minimum atomic E-state index is -0.738. The smallest absolute Gasteiger partial charge is 0.308 e. The van der Waals surface area contributed by atoms with E-state index in [1.165, 1.54) is 11.8 Å². The summed E-state index contributed by atoms with van der Waals surface area (Å²) < 4.78 is 5.22. The van der Waals surface area contributed by atoms with Crippen molar-refractivity contribution in [1.29, 1.82) is 0 Å². The zero-order valence-electron chi connectivity index (χ0n) is 13.4. The molecule has 1 aromatic heterocycles. The molecule has 0 unspecified atom stereocenters. The van der Waals surface area contributed by atoms with Crippen LogP contribution in [-0.4, -0.2) is 41.5 Å². The van der Waals surface area contributed by atoms with Gasteiger partial charge in [0.2, 0.25) is 0 Å². The zero-order chi connectivity index (χ0) is 16.9. The molecule has 7 heteroatoms. The minimum absolute atomic E-state index is 0.327. The van der Waals surface area contributed by atoms with Crippen LogP contribution in [0.4, 0.5) is 5.82 Å². The Labute approximate surface area is 144 Å². The van der Waals surface area contributed by atoms with Gasteiger partial charge in [-0.15, -0.1) is 10.2 Å². The first-order valence-corrected chi connectivity index (χ1v) is 8.61. The molecule has 0 bridgehead atoms. The Kier molecular flexibility index (Phi) is 5.20. The second kappa shape index (κ2) is 7.53. The van der Waals surface area contributed by atoms with E-state index >= 15 is 0 Å². The van der Waals surface area contributed by atoms with Crippen molar-refractivity contribution in [2.24, 2.45) is 5.92 Å². The van der Waals surface area contributed by atoms with Gasteiger partial charge in [-0.3, -0.25) is 4.79 Å². The van der Waals surface area contributed by atoms with Crippen molar-refractivity contribution < 1.29 is 14.6 Å². The van der Waals surface area contributed by atoms with Gasteiger partial charge in [0.1, 0.15) is 10.8 Å². The van der Waals surface area contributed by atoms with E-state index < -0.39 is 5.97 Å². The topological polar surface area (TPSA) is 75.5 Å². The standard InChI is InChI=1S/C17H19N3O3S/c1-23-13-5-2-6-14(10-13)24-16-8-7-15(18-19-16)20-9-3-4-12(11-20)17(21)22/h2,5-8,10,12H,3-4,9,11H2,1H3,(H,21,22)/t12-/m0/s1. The SMILES string of the molecule is COc1cccc(Sc2ccc(N3CCC[C@H](C(=O)O)C3)nn2)c1. The Morgan fingerprint density at radius 2 is 2.21 bits per heavy atom. The lowest BCUT2D eigenvalue weighted by Gasteiger charge is -2.31. The van der Waals surface area contributed by atoms with Crippen molar-refractivity contribution in [1.82, 2.24) is 10.2 Å². The number of methoxy groups -OCH3 is 1. The maximum absolute atomic E-state index is 11.2. The number of aliphatic carboxylic acids is 1. The number of carboxylic acids is 1. The number of anilines is 1. The number of ether oxygens (including phenoxy) is 1. The summed E-state index contributed by atoms with van der Waals surface area (Å²) in [4.78, 5) is 14.2. The van der Waals surface area contributed by atoms with Gasteiger partial charge in [-0.2, -0.15) is 0 Å². The third kappa shape index (κ3) is 3.97. The Morgan fingerprint density at radius 1 is 1.33 bits per heavy atom. The molecule has 2 aromatic rings. The van der Waals surface area contributed by atoms with E-state index in [2.05, 4.69) is 10.2 Å². The number of carbonyl (C=O) groups is 1. The van der Waals surface area contributed by atoms with Gasteiger partial charge in [-0.05, 0) is 43.2 Å². The fourth-order valence-corrected chi connectivity index (χ4v) is 3.49. The maximum Gasteiger partial charge on any atom is 0.308 e. The third-order valence-corrected chi connectivity index (χ3v) is 4.90. The number of hydrogen-bond acceptors (Lipinski definition) is 6. The minimum Gasteiger partial charge on any atom is -0.497 e. The van der Waals surface area contributed by atoms with E-state index in [4.69, 9.17) is 4.74 Å². The molecule has 1 atom stereocenters. The molecule has 1 aromatic carbocycles. The highest BCUT2D eigenvalue weighted by Gasteiger charge is 2.26. The highest BCUT2D eigenvalue weighted by atomic mass is 32.2. The summed E-state index contributed by atoms with van der Waals surface area (Å²) in [5, 5.41) is 18.5. The van der Waals surface area contributed by atoms with E-state index in [9.17, 15) is 9.90 Å². The molecule has 1 fully saturated rings. The van der Waals surface area contributed by atoms with Gasteiger partial charge < -0.3 is 14.7 Å². The average Bonchev–Trinajstić information content (AvgIpc) is 2.62. The van der Waals surface area contributed by atoms with Crippen molar-refractivity contribution in [3.8, 4) is 5.75 Å². The molecule has 0 spiro atoms. The van der Waals surface area contributed by atoms with Crippen molar-refractivity contribution in [3.63, 3.8) is 0 Å². The number of nitrogens with zero attached hydrogens (tertiary/aromatic N) is 3. The first-order chi connectivity index (χ1) is 11.7. The van der Waals surface area contributed by atoms with Crippen LogP contribution in [0.15, 0.2) is 46.3 Å². The molecule has 1 aliphatic heterocycles. The van der Waals surface area contributed by atoms with Gasteiger partial charge in [0.05, 0.1) is 13.0 Å². The predicted molar refractivity (Wildman–Crippen MR) is 91.7 cm³/mol. The van der Waals surface area contributed by atoms with Gasteiger partial charge in [-0.1, -0.05) is 17.8 Å². The zero-order valence-corrected chi connectivity index (χ0v) is 14.2. The number of benzene rings is 1. The van der Waals surface area contributed by atoms with E-state index in [-0.39, 0.29) is 5.92 Å². The molecule has 1 saturated heterocycles. The number of piperidine rings is 1. The van der Waals surface area contributed by atoms with Gasteiger partial charge >= 0.3 is 5.97 Å².